The number of rotatable bonds is 4. The second kappa shape index (κ2) is 5.52. The van der Waals surface area contributed by atoms with E-state index < -0.39 is 12.1 Å². The minimum atomic E-state index is -1.07. The molecule has 0 amide bonds. The molecule has 0 aliphatic heterocycles. The molecule has 0 aromatic heterocycles. The molecule has 0 saturated carbocycles. The Hall–Kier alpha value is -1.54. The van der Waals surface area contributed by atoms with Gasteiger partial charge in [-0.2, -0.15) is 5.26 Å². The number of nitriles is 1. The molecule has 1 aromatic carbocycles. The van der Waals surface area contributed by atoms with E-state index >= 15 is 0 Å². The van der Waals surface area contributed by atoms with Gasteiger partial charge in [0.2, 0.25) is 0 Å². The number of aromatic carboxylic acids is 1. The van der Waals surface area contributed by atoms with Gasteiger partial charge in [-0.15, -0.1) is 0 Å². The first-order valence-corrected chi connectivity index (χ1v) is 5.47. The van der Waals surface area contributed by atoms with Crippen LogP contribution in [0, 0.1) is 11.3 Å². The largest absolute Gasteiger partial charge is 0.478 e. The van der Waals surface area contributed by atoms with Gasteiger partial charge in [-0.25, -0.2) is 4.79 Å². The summed E-state index contributed by atoms with van der Waals surface area (Å²) < 4.78 is 6.02. The second-order valence-corrected chi connectivity index (χ2v) is 4.01. The number of carbonyl (C=O) groups is 1. The third kappa shape index (κ3) is 2.97. The van der Waals surface area contributed by atoms with Crippen LogP contribution < -0.4 is 4.74 Å². The fourth-order valence-electron chi connectivity index (χ4n) is 1.12. The van der Waals surface area contributed by atoms with Crippen molar-refractivity contribution in [2.24, 2.45) is 0 Å². The SMILES string of the molecule is CCC(C#N)Oc1cc(Br)ccc1C(=O)O. The zero-order valence-corrected chi connectivity index (χ0v) is 10.2. The average Bonchev–Trinajstić information content (AvgIpc) is 2.25. The van der Waals surface area contributed by atoms with Gasteiger partial charge in [-0.3, -0.25) is 0 Å². The fraction of sp³-hybridized carbons (Fsp3) is 0.273. The van der Waals surface area contributed by atoms with Gasteiger partial charge in [0.15, 0.2) is 6.10 Å². The Labute approximate surface area is 102 Å². The van der Waals surface area contributed by atoms with E-state index in [4.69, 9.17) is 15.1 Å². The van der Waals surface area contributed by atoms with Crippen LogP contribution in [-0.2, 0) is 0 Å². The maximum absolute atomic E-state index is 10.9. The van der Waals surface area contributed by atoms with E-state index in [0.717, 1.165) is 0 Å². The molecule has 0 aliphatic rings. The molecule has 1 atom stereocenters. The molecule has 0 bridgehead atoms. The van der Waals surface area contributed by atoms with Gasteiger partial charge in [0.05, 0.1) is 0 Å². The molecule has 1 aromatic rings. The molecular formula is C11H10BrNO3. The molecule has 0 fully saturated rings. The molecule has 0 spiro atoms. The molecule has 1 N–H and O–H groups in total. The van der Waals surface area contributed by atoms with Crippen molar-refractivity contribution in [3.05, 3.63) is 28.2 Å². The lowest BCUT2D eigenvalue weighted by Gasteiger charge is -2.12. The molecule has 0 radical (unpaired) electrons. The van der Waals surface area contributed by atoms with Crippen LogP contribution in [0.4, 0.5) is 0 Å². The van der Waals surface area contributed by atoms with Gasteiger partial charge in [0.25, 0.3) is 0 Å². The third-order valence-electron chi connectivity index (χ3n) is 1.96. The van der Waals surface area contributed by atoms with Gasteiger partial charge in [0.1, 0.15) is 17.4 Å². The number of hydrogen-bond acceptors (Lipinski definition) is 3. The van der Waals surface area contributed by atoms with Crippen LogP contribution >= 0.6 is 15.9 Å². The highest BCUT2D eigenvalue weighted by Crippen LogP contribution is 2.25. The fourth-order valence-corrected chi connectivity index (χ4v) is 1.46. The van der Waals surface area contributed by atoms with Crippen LogP contribution in [-0.4, -0.2) is 17.2 Å². The van der Waals surface area contributed by atoms with Gasteiger partial charge in [-0.05, 0) is 24.6 Å². The third-order valence-corrected chi connectivity index (χ3v) is 2.45. The zero-order chi connectivity index (χ0) is 12.1. The standard InChI is InChI=1S/C11H10BrNO3/c1-2-8(6-13)16-10-5-7(12)3-4-9(10)11(14)15/h3-5,8H,2H2,1H3,(H,14,15). The van der Waals surface area contributed by atoms with E-state index in [1.807, 2.05) is 6.07 Å². The molecule has 84 valence electrons. The van der Waals surface area contributed by atoms with Crippen LogP contribution in [0.15, 0.2) is 22.7 Å². The minimum absolute atomic E-state index is 0.0527. The summed E-state index contributed by atoms with van der Waals surface area (Å²) in [5.41, 5.74) is 0.0527. The number of carboxylic acids is 1. The highest BCUT2D eigenvalue weighted by Gasteiger charge is 2.15. The summed E-state index contributed by atoms with van der Waals surface area (Å²) in [6, 6.07) is 6.55. The highest BCUT2D eigenvalue weighted by atomic mass is 79.9. The van der Waals surface area contributed by atoms with E-state index in [1.54, 1.807) is 19.1 Å². The van der Waals surface area contributed by atoms with Crippen molar-refractivity contribution in [2.75, 3.05) is 0 Å². The topological polar surface area (TPSA) is 70.3 Å². The van der Waals surface area contributed by atoms with Crippen molar-refractivity contribution in [3.8, 4) is 11.8 Å². The number of hydrogen-bond donors (Lipinski definition) is 1. The Morgan fingerprint density at radius 1 is 1.69 bits per heavy atom. The quantitative estimate of drug-likeness (QED) is 0.922. The molecule has 4 nitrogen and oxygen atoms in total. The van der Waals surface area contributed by atoms with Gasteiger partial charge < -0.3 is 9.84 Å². The predicted octanol–water partition coefficient (Wildman–Crippen LogP) is 2.83. The summed E-state index contributed by atoms with van der Waals surface area (Å²) >= 11 is 3.22. The Balaban J connectivity index is 3.06. The number of nitrogens with zero attached hydrogens (tertiary/aromatic N) is 1. The zero-order valence-electron chi connectivity index (χ0n) is 8.61. The Morgan fingerprint density at radius 2 is 2.38 bits per heavy atom. The first-order chi connectivity index (χ1) is 7.58. The summed E-state index contributed by atoms with van der Waals surface area (Å²) in [7, 11) is 0. The molecule has 0 aliphatic carbocycles. The van der Waals surface area contributed by atoms with Crippen LogP contribution in [0.3, 0.4) is 0 Å². The van der Waals surface area contributed by atoms with Crippen molar-refractivity contribution >= 4 is 21.9 Å². The van der Waals surface area contributed by atoms with Crippen LogP contribution in [0.25, 0.3) is 0 Å². The number of ether oxygens (including phenoxy) is 1. The lowest BCUT2D eigenvalue weighted by Crippen LogP contribution is -2.14. The van der Waals surface area contributed by atoms with E-state index in [9.17, 15) is 4.79 Å². The first kappa shape index (κ1) is 12.5. The minimum Gasteiger partial charge on any atom is -0.478 e. The van der Waals surface area contributed by atoms with E-state index in [1.165, 1.54) is 6.07 Å². The summed E-state index contributed by atoms with van der Waals surface area (Å²) in [5.74, 6) is -0.870. The normalized spacial score (nSPS) is 11.6. The van der Waals surface area contributed by atoms with Crippen molar-refractivity contribution in [1.82, 2.24) is 0 Å². The molecule has 5 heteroatoms. The van der Waals surface area contributed by atoms with Crippen molar-refractivity contribution in [1.29, 1.82) is 5.26 Å². The number of benzene rings is 1. The Morgan fingerprint density at radius 3 is 2.88 bits per heavy atom. The maximum Gasteiger partial charge on any atom is 0.339 e. The average molecular weight is 284 g/mol. The van der Waals surface area contributed by atoms with Gasteiger partial charge in [-0.1, -0.05) is 22.9 Å². The van der Waals surface area contributed by atoms with Gasteiger partial charge >= 0.3 is 5.97 Å². The molecule has 0 saturated heterocycles. The molecule has 1 unspecified atom stereocenters. The monoisotopic (exact) mass is 283 g/mol. The van der Waals surface area contributed by atoms with E-state index in [-0.39, 0.29) is 11.3 Å². The second-order valence-electron chi connectivity index (χ2n) is 3.09. The summed E-state index contributed by atoms with van der Waals surface area (Å²) in [6.07, 6.45) is -0.130. The maximum atomic E-state index is 10.9. The van der Waals surface area contributed by atoms with Crippen molar-refractivity contribution < 1.29 is 14.6 Å². The van der Waals surface area contributed by atoms with Gasteiger partial charge in [0, 0.05) is 4.47 Å². The molecule has 16 heavy (non-hydrogen) atoms. The van der Waals surface area contributed by atoms with Crippen molar-refractivity contribution in [3.63, 3.8) is 0 Å². The number of halogens is 1. The number of carboxylic acid groups (broad SMARTS) is 1. The molecule has 1 rings (SSSR count). The first-order valence-electron chi connectivity index (χ1n) is 4.67. The predicted molar refractivity (Wildman–Crippen MR) is 61.4 cm³/mol. The van der Waals surface area contributed by atoms with Crippen molar-refractivity contribution in [2.45, 2.75) is 19.4 Å². The molecule has 0 heterocycles. The summed E-state index contributed by atoms with van der Waals surface area (Å²) in [4.78, 5) is 10.9. The summed E-state index contributed by atoms with van der Waals surface area (Å²) in [6.45, 7) is 1.80. The Kier molecular flexibility index (Phi) is 4.32. The van der Waals surface area contributed by atoms with E-state index in [2.05, 4.69) is 15.9 Å². The van der Waals surface area contributed by atoms with Crippen LogP contribution in [0.1, 0.15) is 23.7 Å². The lowest BCUT2D eigenvalue weighted by molar-refractivity contribution is 0.0690. The highest BCUT2D eigenvalue weighted by molar-refractivity contribution is 9.10. The van der Waals surface area contributed by atoms with E-state index in [0.29, 0.717) is 10.9 Å². The van der Waals surface area contributed by atoms with Crippen LogP contribution in [0.5, 0.6) is 5.75 Å². The lowest BCUT2D eigenvalue weighted by atomic mass is 10.2. The van der Waals surface area contributed by atoms with Crippen LogP contribution in [0.2, 0.25) is 0 Å². The smallest absolute Gasteiger partial charge is 0.339 e. The summed E-state index contributed by atoms with van der Waals surface area (Å²) in [5, 5.41) is 17.7. The molecular weight excluding hydrogens is 274 g/mol. The Bertz CT molecular complexity index is 439.